The van der Waals surface area contributed by atoms with E-state index in [1.54, 1.807) is 42.5 Å². The SMILES string of the molecule is O=C(Nc1ccc(Cl)c(C(F)(F)F)c1)C(=O)[C@H](C(=O)/C=C/c1ccccc1)[C@H]1OC(=O)c2ccccc21. The molecule has 1 aliphatic heterocycles. The van der Waals surface area contributed by atoms with Gasteiger partial charge in [0.25, 0.3) is 5.91 Å². The summed E-state index contributed by atoms with van der Waals surface area (Å²) >= 11 is 5.60. The van der Waals surface area contributed by atoms with Gasteiger partial charge in [0.1, 0.15) is 12.0 Å². The van der Waals surface area contributed by atoms with Gasteiger partial charge >= 0.3 is 12.1 Å². The number of halogens is 4. The number of amides is 1. The Hall–Kier alpha value is -4.24. The summed E-state index contributed by atoms with van der Waals surface area (Å²) in [6, 6.07) is 17.3. The van der Waals surface area contributed by atoms with Gasteiger partial charge in [-0.15, -0.1) is 0 Å². The second kappa shape index (κ2) is 10.4. The number of hydrogen-bond acceptors (Lipinski definition) is 5. The number of cyclic esters (lactones) is 1. The molecule has 0 bridgehead atoms. The molecule has 0 fully saturated rings. The van der Waals surface area contributed by atoms with Crippen LogP contribution < -0.4 is 5.32 Å². The first-order valence-electron chi connectivity index (χ1n) is 10.8. The highest BCUT2D eigenvalue weighted by Gasteiger charge is 2.45. The Morgan fingerprint density at radius 2 is 1.65 bits per heavy atom. The summed E-state index contributed by atoms with van der Waals surface area (Å²) in [6.07, 6.45) is -3.68. The number of ketones is 2. The molecule has 6 nitrogen and oxygen atoms in total. The quantitative estimate of drug-likeness (QED) is 0.185. The lowest BCUT2D eigenvalue weighted by Gasteiger charge is -2.20. The molecule has 0 spiro atoms. The van der Waals surface area contributed by atoms with Crippen LogP contribution in [0.5, 0.6) is 0 Å². The number of alkyl halides is 3. The fourth-order valence-electron chi connectivity index (χ4n) is 3.84. The lowest BCUT2D eigenvalue weighted by atomic mass is 9.87. The molecule has 10 heteroatoms. The molecule has 3 aromatic carbocycles. The molecule has 3 aromatic rings. The monoisotopic (exact) mass is 527 g/mol. The zero-order valence-electron chi connectivity index (χ0n) is 18.8. The van der Waals surface area contributed by atoms with Crippen molar-refractivity contribution in [3.8, 4) is 0 Å². The molecule has 4 rings (SSSR count). The number of benzene rings is 3. The van der Waals surface area contributed by atoms with Crippen LogP contribution in [0.15, 0.2) is 78.9 Å². The second-order valence-corrected chi connectivity index (χ2v) is 8.46. The number of carbonyl (C=O) groups is 4. The first kappa shape index (κ1) is 25.8. The minimum absolute atomic E-state index is 0.137. The molecule has 0 saturated heterocycles. The summed E-state index contributed by atoms with van der Waals surface area (Å²) in [5, 5.41) is 1.49. The molecule has 188 valence electrons. The Balaban J connectivity index is 1.66. The van der Waals surface area contributed by atoms with Crippen LogP contribution in [-0.4, -0.2) is 23.4 Å². The highest BCUT2D eigenvalue weighted by molar-refractivity contribution is 6.45. The van der Waals surface area contributed by atoms with Gasteiger partial charge in [0.05, 0.1) is 16.1 Å². The largest absolute Gasteiger partial charge is 0.453 e. The van der Waals surface area contributed by atoms with Crippen molar-refractivity contribution in [1.29, 1.82) is 0 Å². The topological polar surface area (TPSA) is 89.5 Å². The highest BCUT2D eigenvalue weighted by Crippen LogP contribution is 2.38. The number of ether oxygens (including phenoxy) is 1. The summed E-state index contributed by atoms with van der Waals surface area (Å²) in [7, 11) is 0. The second-order valence-electron chi connectivity index (χ2n) is 8.05. The fraction of sp³-hybridized carbons (Fsp3) is 0.111. The number of allylic oxidation sites excluding steroid dienone is 1. The third kappa shape index (κ3) is 5.62. The first-order chi connectivity index (χ1) is 17.6. The molecular weight excluding hydrogens is 511 g/mol. The summed E-state index contributed by atoms with van der Waals surface area (Å²) < 4.78 is 44.9. The molecule has 0 unspecified atom stereocenters. The van der Waals surface area contributed by atoms with Gasteiger partial charge in [0, 0.05) is 11.3 Å². The van der Waals surface area contributed by atoms with E-state index in [2.05, 4.69) is 5.32 Å². The number of carbonyl (C=O) groups excluding carboxylic acids is 4. The summed E-state index contributed by atoms with van der Waals surface area (Å²) in [5.41, 5.74) is -0.554. The lowest BCUT2D eigenvalue weighted by Crippen LogP contribution is -2.37. The van der Waals surface area contributed by atoms with Crippen molar-refractivity contribution in [1.82, 2.24) is 0 Å². The maximum Gasteiger partial charge on any atom is 0.417 e. The number of Topliss-reactive ketones (excluding diaryl/α,β-unsaturated/α-hetero) is 1. The summed E-state index contributed by atoms with van der Waals surface area (Å²) in [4.78, 5) is 51.6. The Labute approximate surface area is 213 Å². The Bertz CT molecular complexity index is 1420. The van der Waals surface area contributed by atoms with Gasteiger partial charge in [0.15, 0.2) is 5.78 Å². The van der Waals surface area contributed by atoms with Crippen LogP contribution in [-0.2, 0) is 25.3 Å². The molecular formula is C27H17ClF3NO5. The van der Waals surface area contributed by atoms with Crippen molar-refractivity contribution in [2.45, 2.75) is 12.3 Å². The van der Waals surface area contributed by atoms with Gasteiger partial charge in [-0.2, -0.15) is 13.2 Å². The minimum atomic E-state index is -4.80. The Morgan fingerprint density at radius 1 is 0.973 bits per heavy atom. The third-order valence-corrected chi connectivity index (χ3v) is 5.94. The van der Waals surface area contributed by atoms with E-state index in [0.29, 0.717) is 11.6 Å². The van der Waals surface area contributed by atoms with Crippen LogP contribution in [0, 0.1) is 5.92 Å². The highest BCUT2D eigenvalue weighted by atomic mass is 35.5. The van der Waals surface area contributed by atoms with E-state index in [4.69, 9.17) is 16.3 Å². The van der Waals surface area contributed by atoms with E-state index in [1.165, 1.54) is 18.2 Å². The van der Waals surface area contributed by atoms with E-state index in [0.717, 1.165) is 18.2 Å². The van der Waals surface area contributed by atoms with E-state index in [9.17, 15) is 32.3 Å². The van der Waals surface area contributed by atoms with Crippen LogP contribution in [0.25, 0.3) is 6.08 Å². The van der Waals surface area contributed by atoms with Crippen LogP contribution in [0.4, 0.5) is 18.9 Å². The zero-order valence-corrected chi connectivity index (χ0v) is 19.5. The molecule has 0 radical (unpaired) electrons. The van der Waals surface area contributed by atoms with Gasteiger partial charge in [-0.1, -0.05) is 66.2 Å². The molecule has 0 saturated carbocycles. The number of fused-ring (bicyclic) bond motifs is 1. The maximum absolute atomic E-state index is 13.2. The summed E-state index contributed by atoms with van der Waals surface area (Å²) in [6.45, 7) is 0. The average Bonchev–Trinajstić information content (AvgIpc) is 3.20. The number of anilines is 1. The molecule has 2 atom stereocenters. The van der Waals surface area contributed by atoms with Gasteiger partial charge in [-0.25, -0.2) is 4.79 Å². The average molecular weight is 528 g/mol. The van der Waals surface area contributed by atoms with Crippen molar-refractivity contribution in [3.63, 3.8) is 0 Å². The Kier molecular flexibility index (Phi) is 7.26. The third-order valence-electron chi connectivity index (χ3n) is 5.61. The van der Waals surface area contributed by atoms with Crippen molar-refractivity contribution >= 4 is 46.8 Å². The number of rotatable bonds is 7. The molecule has 1 amide bonds. The van der Waals surface area contributed by atoms with Crippen molar-refractivity contribution < 1.29 is 37.1 Å². The standard InChI is InChI=1S/C27H17ClF3NO5/c28-20-12-11-16(14-19(20)27(29,30)31)32-25(35)23(34)22(21(33)13-10-15-6-2-1-3-7-15)24-17-8-4-5-9-18(17)26(36)37-24/h1-14,22,24H,(H,32,35)/b13-10+/t22-,24-/m0/s1. The van der Waals surface area contributed by atoms with Crippen molar-refractivity contribution in [2.75, 3.05) is 5.32 Å². The molecule has 1 aliphatic rings. The predicted molar refractivity (Wildman–Crippen MR) is 129 cm³/mol. The van der Waals surface area contributed by atoms with Gasteiger partial charge in [-0.3, -0.25) is 14.4 Å². The molecule has 1 heterocycles. The van der Waals surface area contributed by atoms with Crippen LogP contribution in [0.3, 0.4) is 0 Å². The van der Waals surface area contributed by atoms with Crippen molar-refractivity contribution in [2.24, 2.45) is 5.92 Å². The van der Waals surface area contributed by atoms with Gasteiger partial charge < -0.3 is 10.1 Å². The first-order valence-corrected chi connectivity index (χ1v) is 11.2. The minimum Gasteiger partial charge on any atom is -0.453 e. The summed E-state index contributed by atoms with van der Waals surface area (Å²) in [5.74, 6) is -6.03. The number of esters is 1. The zero-order chi connectivity index (χ0) is 26.7. The van der Waals surface area contributed by atoms with Gasteiger partial charge in [0.2, 0.25) is 5.78 Å². The molecule has 0 aliphatic carbocycles. The number of nitrogens with one attached hydrogen (secondary N) is 1. The van der Waals surface area contributed by atoms with E-state index < -0.39 is 52.2 Å². The molecule has 0 aromatic heterocycles. The lowest BCUT2D eigenvalue weighted by molar-refractivity contribution is -0.143. The normalized spacial score (nSPS) is 15.7. The molecule has 37 heavy (non-hydrogen) atoms. The predicted octanol–water partition coefficient (Wildman–Crippen LogP) is 5.68. The van der Waals surface area contributed by atoms with Crippen molar-refractivity contribution in [3.05, 3.63) is 106 Å². The smallest absolute Gasteiger partial charge is 0.417 e. The van der Waals surface area contributed by atoms with E-state index in [1.807, 2.05) is 0 Å². The Morgan fingerprint density at radius 3 is 2.35 bits per heavy atom. The van der Waals surface area contributed by atoms with Crippen LogP contribution >= 0.6 is 11.6 Å². The van der Waals surface area contributed by atoms with Crippen LogP contribution in [0.2, 0.25) is 5.02 Å². The van der Waals surface area contributed by atoms with E-state index in [-0.39, 0.29) is 16.8 Å². The van der Waals surface area contributed by atoms with E-state index >= 15 is 0 Å². The molecule has 1 N–H and O–H groups in total. The van der Waals surface area contributed by atoms with Gasteiger partial charge in [-0.05, 0) is 35.9 Å². The van der Waals surface area contributed by atoms with Crippen LogP contribution in [0.1, 0.15) is 33.2 Å². The fourth-order valence-corrected chi connectivity index (χ4v) is 4.06. The number of hydrogen-bond donors (Lipinski definition) is 1. The maximum atomic E-state index is 13.2.